The van der Waals surface area contributed by atoms with Crippen LogP contribution < -0.4 is 0 Å². The average Bonchev–Trinajstić information content (AvgIpc) is 3.20. The molecule has 2 rings (SSSR count). The maximum atomic E-state index is 11.8. The third-order valence-corrected chi connectivity index (χ3v) is 3.95. The van der Waals surface area contributed by atoms with E-state index in [4.69, 9.17) is 11.6 Å². The topological polar surface area (TPSA) is 40.6 Å². The van der Waals surface area contributed by atoms with Crippen LogP contribution in [0.3, 0.4) is 0 Å². The van der Waals surface area contributed by atoms with Crippen molar-refractivity contribution in [3.05, 3.63) is 0 Å². The Morgan fingerprint density at radius 3 is 2.18 bits per heavy atom. The number of hydrogen-bond acceptors (Lipinski definition) is 2. The van der Waals surface area contributed by atoms with Crippen molar-refractivity contribution in [2.75, 3.05) is 26.2 Å². The molecule has 1 unspecified atom stereocenters. The molecule has 0 N–H and O–H groups in total. The molecule has 0 aromatic heterocycles. The number of hydrogen-bond donors (Lipinski definition) is 0. The molecule has 4 nitrogen and oxygen atoms in total. The van der Waals surface area contributed by atoms with Gasteiger partial charge >= 0.3 is 0 Å². The summed E-state index contributed by atoms with van der Waals surface area (Å²) in [4.78, 5) is 27.3. The molecule has 5 heteroatoms. The van der Waals surface area contributed by atoms with E-state index in [1.165, 1.54) is 0 Å². The normalized spacial score (nSPS) is 22.5. The number of halogens is 1. The average molecular weight is 259 g/mol. The van der Waals surface area contributed by atoms with Crippen molar-refractivity contribution in [3.63, 3.8) is 0 Å². The Morgan fingerprint density at radius 1 is 1.18 bits per heavy atom. The van der Waals surface area contributed by atoms with E-state index in [1.54, 1.807) is 4.90 Å². The lowest BCUT2D eigenvalue weighted by Gasteiger charge is -2.35. The number of carbonyl (C=O) groups is 2. The molecule has 1 saturated heterocycles. The molecule has 17 heavy (non-hydrogen) atoms. The molecule has 1 saturated carbocycles. The van der Waals surface area contributed by atoms with Crippen molar-refractivity contribution in [1.29, 1.82) is 0 Å². The Hall–Kier alpha value is -0.770. The Bertz CT molecular complexity index is 310. The summed E-state index contributed by atoms with van der Waals surface area (Å²) in [7, 11) is 0. The zero-order valence-electron chi connectivity index (χ0n) is 10.2. The van der Waals surface area contributed by atoms with Gasteiger partial charge in [-0.1, -0.05) is 6.92 Å². The summed E-state index contributed by atoms with van der Waals surface area (Å²) >= 11 is 5.94. The number of nitrogens with zero attached hydrogens (tertiary/aromatic N) is 2. The van der Waals surface area contributed by atoms with Crippen LogP contribution in [-0.2, 0) is 9.59 Å². The summed E-state index contributed by atoms with van der Waals surface area (Å²) in [6, 6.07) is 0. The predicted molar refractivity (Wildman–Crippen MR) is 65.8 cm³/mol. The molecule has 0 spiro atoms. The summed E-state index contributed by atoms with van der Waals surface area (Å²) in [6.45, 7) is 4.48. The van der Waals surface area contributed by atoms with Crippen molar-refractivity contribution >= 4 is 23.4 Å². The van der Waals surface area contributed by atoms with Gasteiger partial charge in [-0.15, -0.1) is 11.6 Å². The molecule has 1 heterocycles. The third kappa shape index (κ3) is 2.92. The molecule has 0 aromatic carbocycles. The van der Waals surface area contributed by atoms with E-state index in [1.807, 2.05) is 11.8 Å². The van der Waals surface area contributed by atoms with Gasteiger partial charge in [0.2, 0.25) is 11.8 Å². The number of carbonyl (C=O) groups excluding carboxylic acids is 2. The standard InChI is InChI=1S/C12H19ClN2O2/c1-2-10(13)12(17)15-7-5-14(6-8-15)11(16)9-3-4-9/h9-10H,2-8H2,1H3. The third-order valence-electron chi connectivity index (χ3n) is 3.46. The van der Waals surface area contributed by atoms with Crippen molar-refractivity contribution in [2.24, 2.45) is 5.92 Å². The van der Waals surface area contributed by atoms with Crippen molar-refractivity contribution in [3.8, 4) is 0 Å². The quantitative estimate of drug-likeness (QED) is 0.711. The van der Waals surface area contributed by atoms with Crippen LogP contribution in [0.4, 0.5) is 0 Å². The minimum absolute atomic E-state index is 0.00712. The number of alkyl halides is 1. The molecule has 2 fully saturated rings. The van der Waals surface area contributed by atoms with Gasteiger partial charge in [0.15, 0.2) is 0 Å². The van der Waals surface area contributed by atoms with Gasteiger partial charge in [-0.25, -0.2) is 0 Å². The predicted octanol–water partition coefficient (Wildman–Crippen LogP) is 1.08. The Kier molecular flexibility index (Phi) is 3.92. The highest BCUT2D eigenvalue weighted by atomic mass is 35.5. The first-order chi connectivity index (χ1) is 8.13. The monoisotopic (exact) mass is 258 g/mol. The second-order valence-corrected chi connectivity index (χ2v) is 5.33. The minimum Gasteiger partial charge on any atom is -0.339 e. The Balaban J connectivity index is 1.81. The van der Waals surface area contributed by atoms with E-state index in [2.05, 4.69) is 0 Å². The summed E-state index contributed by atoms with van der Waals surface area (Å²) < 4.78 is 0. The lowest BCUT2D eigenvalue weighted by Crippen LogP contribution is -2.52. The SMILES string of the molecule is CCC(Cl)C(=O)N1CCN(C(=O)C2CC2)CC1. The first-order valence-corrected chi connectivity index (χ1v) is 6.78. The van der Waals surface area contributed by atoms with E-state index >= 15 is 0 Å². The molecule has 1 aliphatic carbocycles. The van der Waals surface area contributed by atoms with E-state index in [9.17, 15) is 9.59 Å². The summed E-state index contributed by atoms with van der Waals surface area (Å²) in [5.74, 6) is 0.552. The summed E-state index contributed by atoms with van der Waals surface area (Å²) in [5.41, 5.74) is 0. The molecule has 0 bridgehead atoms. The van der Waals surface area contributed by atoms with Crippen LogP contribution in [0.1, 0.15) is 26.2 Å². The number of amides is 2. The van der Waals surface area contributed by atoms with Gasteiger partial charge in [0.05, 0.1) is 0 Å². The highest BCUT2D eigenvalue weighted by molar-refractivity contribution is 6.30. The molecular weight excluding hydrogens is 240 g/mol. The van der Waals surface area contributed by atoms with E-state index in [0.29, 0.717) is 32.6 Å². The van der Waals surface area contributed by atoms with Crippen molar-refractivity contribution < 1.29 is 9.59 Å². The molecule has 1 aliphatic heterocycles. The van der Waals surface area contributed by atoms with Crippen LogP contribution in [0.15, 0.2) is 0 Å². The van der Waals surface area contributed by atoms with Crippen molar-refractivity contribution in [2.45, 2.75) is 31.6 Å². The maximum absolute atomic E-state index is 11.8. The van der Waals surface area contributed by atoms with Gasteiger partial charge < -0.3 is 9.80 Å². The summed E-state index contributed by atoms with van der Waals surface area (Å²) in [6.07, 6.45) is 2.73. The zero-order chi connectivity index (χ0) is 12.4. The first kappa shape index (κ1) is 12.7. The fraction of sp³-hybridized carbons (Fsp3) is 0.833. The lowest BCUT2D eigenvalue weighted by atomic mass is 10.2. The number of piperazine rings is 1. The maximum Gasteiger partial charge on any atom is 0.240 e. The Labute approximate surface area is 107 Å². The van der Waals surface area contributed by atoms with Gasteiger partial charge in [-0.3, -0.25) is 9.59 Å². The van der Waals surface area contributed by atoms with E-state index in [-0.39, 0.29) is 17.7 Å². The van der Waals surface area contributed by atoms with Gasteiger partial charge in [-0.05, 0) is 19.3 Å². The molecule has 2 aliphatic rings. The highest BCUT2D eigenvalue weighted by Gasteiger charge is 2.35. The zero-order valence-corrected chi connectivity index (χ0v) is 10.9. The van der Waals surface area contributed by atoms with Crippen molar-refractivity contribution in [1.82, 2.24) is 9.80 Å². The van der Waals surface area contributed by atoms with Crippen LogP contribution in [0.2, 0.25) is 0 Å². The van der Waals surface area contributed by atoms with Crippen LogP contribution in [0.5, 0.6) is 0 Å². The van der Waals surface area contributed by atoms with Crippen LogP contribution in [-0.4, -0.2) is 53.2 Å². The lowest BCUT2D eigenvalue weighted by molar-refractivity contribution is -0.140. The van der Waals surface area contributed by atoms with Crippen LogP contribution >= 0.6 is 11.6 Å². The van der Waals surface area contributed by atoms with Gasteiger partial charge in [0.1, 0.15) is 5.38 Å². The van der Waals surface area contributed by atoms with Crippen LogP contribution in [0, 0.1) is 5.92 Å². The van der Waals surface area contributed by atoms with E-state index < -0.39 is 5.38 Å². The fourth-order valence-electron chi connectivity index (χ4n) is 2.11. The van der Waals surface area contributed by atoms with Gasteiger partial charge in [0.25, 0.3) is 0 Å². The first-order valence-electron chi connectivity index (χ1n) is 6.35. The smallest absolute Gasteiger partial charge is 0.240 e. The fourth-order valence-corrected chi connectivity index (χ4v) is 2.25. The minimum atomic E-state index is -0.416. The van der Waals surface area contributed by atoms with E-state index in [0.717, 1.165) is 12.8 Å². The second-order valence-electron chi connectivity index (χ2n) is 4.80. The van der Waals surface area contributed by atoms with Crippen LogP contribution in [0.25, 0.3) is 0 Å². The highest BCUT2D eigenvalue weighted by Crippen LogP contribution is 2.31. The molecule has 0 aromatic rings. The summed E-state index contributed by atoms with van der Waals surface area (Å²) in [5, 5.41) is -0.416. The number of rotatable bonds is 3. The van der Waals surface area contributed by atoms with Gasteiger partial charge in [0, 0.05) is 32.1 Å². The Morgan fingerprint density at radius 2 is 1.71 bits per heavy atom. The largest absolute Gasteiger partial charge is 0.339 e. The second kappa shape index (κ2) is 5.25. The molecule has 0 radical (unpaired) electrons. The molecule has 96 valence electrons. The molecule has 2 amide bonds. The molecule has 1 atom stereocenters. The van der Waals surface area contributed by atoms with Gasteiger partial charge in [-0.2, -0.15) is 0 Å². The molecular formula is C12H19ClN2O2.